The number of aryl methyl sites for hydroxylation is 1. The van der Waals surface area contributed by atoms with Crippen LogP contribution in [-0.4, -0.2) is 24.2 Å². The fraction of sp³-hybridized carbons (Fsp3) is 0.167. The Labute approximate surface area is 100 Å². The molecule has 4 heteroatoms. The predicted molar refractivity (Wildman–Crippen MR) is 67.3 cm³/mol. The molecule has 0 N–H and O–H groups in total. The molecule has 0 aliphatic rings. The van der Waals surface area contributed by atoms with E-state index in [0.29, 0.717) is 5.02 Å². The largest absolute Gasteiger partial charge is 0.302 e. The van der Waals surface area contributed by atoms with Crippen LogP contribution < -0.4 is 0 Å². The summed E-state index contributed by atoms with van der Waals surface area (Å²) < 4.78 is 0. The van der Waals surface area contributed by atoms with Crippen LogP contribution in [0.1, 0.15) is 5.56 Å². The van der Waals surface area contributed by atoms with E-state index in [1.807, 2.05) is 13.0 Å². The molecule has 0 heterocycles. The summed E-state index contributed by atoms with van der Waals surface area (Å²) in [5.41, 5.74) is 1.75. The van der Waals surface area contributed by atoms with Crippen LogP contribution in [0.2, 0.25) is 5.02 Å². The highest BCUT2D eigenvalue weighted by molar-refractivity contribution is 6.30. The van der Waals surface area contributed by atoms with E-state index in [-0.39, 0.29) is 5.91 Å². The maximum absolute atomic E-state index is 11.2. The number of amides is 1. The lowest BCUT2D eigenvalue weighted by molar-refractivity contribution is -0.121. The van der Waals surface area contributed by atoms with Gasteiger partial charge in [-0.2, -0.15) is 0 Å². The molecule has 0 aliphatic heterocycles. The van der Waals surface area contributed by atoms with Gasteiger partial charge in [0.2, 0.25) is 0 Å². The predicted octanol–water partition coefficient (Wildman–Crippen LogP) is 2.95. The highest BCUT2D eigenvalue weighted by atomic mass is 35.5. The van der Waals surface area contributed by atoms with Gasteiger partial charge in [-0.05, 0) is 36.8 Å². The lowest BCUT2D eigenvalue weighted by Gasteiger charge is -2.07. The Hall–Kier alpha value is -1.61. The standard InChI is InChI=1S/C12H13ClN2O/c1-4-12(16)15(3)8-14-11-6-5-10(13)7-9(11)2/h4-8H,1H2,2-3H3. The number of carbonyl (C=O) groups is 1. The van der Waals surface area contributed by atoms with E-state index in [4.69, 9.17) is 11.6 Å². The van der Waals surface area contributed by atoms with Gasteiger partial charge in [-0.1, -0.05) is 18.2 Å². The molecule has 0 saturated carbocycles. The second kappa shape index (κ2) is 5.47. The molecular formula is C12H13ClN2O. The third kappa shape index (κ3) is 3.21. The minimum atomic E-state index is -0.199. The minimum Gasteiger partial charge on any atom is -0.302 e. The van der Waals surface area contributed by atoms with Crippen LogP contribution >= 0.6 is 11.6 Å². The van der Waals surface area contributed by atoms with Crippen molar-refractivity contribution in [2.75, 3.05) is 7.05 Å². The highest BCUT2D eigenvalue weighted by Gasteiger charge is 2.00. The Morgan fingerprint density at radius 3 is 2.81 bits per heavy atom. The van der Waals surface area contributed by atoms with Gasteiger partial charge in [-0.15, -0.1) is 0 Å². The van der Waals surface area contributed by atoms with Gasteiger partial charge in [0.05, 0.1) is 12.0 Å². The molecule has 0 radical (unpaired) electrons. The van der Waals surface area contributed by atoms with Crippen molar-refractivity contribution in [3.63, 3.8) is 0 Å². The lowest BCUT2D eigenvalue weighted by atomic mass is 10.2. The van der Waals surface area contributed by atoms with Gasteiger partial charge < -0.3 is 4.90 Å². The highest BCUT2D eigenvalue weighted by Crippen LogP contribution is 2.21. The third-order valence-electron chi connectivity index (χ3n) is 2.05. The van der Waals surface area contributed by atoms with Crippen molar-refractivity contribution in [1.82, 2.24) is 4.90 Å². The van der Waals surface area contributed by atoms with Crippen LogP contribution in [0.3, 0.4) is 0 Å². The Kier molecular flexibility index (Phi) is 4.26. The fourth-order valence-corrected chi connectivity index (χ4v) is 1.34. The zero-order valence-corrected chi connectivity index (χ0v) is 10.0. The topological polar surface area (TPSA) is 32.7 Å². The molecule has 84 valence electrons. The SMILES string of the molecule is C=CC(=O)N(C)C=Nc1ccc(Cl)cc1C. The number of aliphatic imine (C=N–C) groups is 1. The van der Waals surface area contributed by atoms with Gasteiger partial charge in [-0.25, -0.2) is 4.99 Å². The monoisotopic (exact) mass is 236 g/mol. The van der Waals surface area contributed by atoms with E-state index in [0.717, 1.165) is 11.3 Å². The molecule has 1 aromatic carbocycles. The summed E-state index contributed by atoms with van der Waals surface area (Å²) in [5.74, 6) is -0.199. The van der Waals surface area contributed by atoms with Crippen LogP contribution in [0, 0.1) is 6.92 Å². The van der Waals surface area contributed by atoms with Crippen molar-refractivity contribution in [2.45, 2.75) is 6.92 Å². The molecule has 0 aliphatic carbocycles. The summed E-state index contributed by atoms with van der Waals surface area (Å²) >= 11 is 5.82. The number of nitrogens with zero attached hydrogens (tertiary/aromatic N) is 2. The first kappa shape index (κ1) is 12.5. The van der Waals surface area contributed by atoms with Gasteiger partial charge in [0.1, 0.15) is 0 Å². The average Bonchev–Trinajstić information content (AvgIpc) is 2.26. The van der Waals surface area contributed by atoms with Gasteiger partial charge >= 0.3 is 0 Å². The van der Waals surface area contributed by atoms with Crippen molar-refractivity contribution in [1.29, 1.82) is 0 Å². The quantitative estimate of drug-likeness (QED) is 0.451. The summed E-state index contributed by atoms with van der Waals surface area (Å²) in [6, 6.07) is 5.39. The molecule has 1 rings (SSSR count). The van der Waals surface area contributed by atoms with E-state index >= 15 is 0 Å². The molecular weight excluding hydrogens is 224 g/mol. The first-order chi connectivity index (χ1) is 7.54. The van der Waals surface area contributed by atoms with Crippen LogP contribution in [0.4, 0.5) is 5.69 Å². The number of carbonyl (C=O) groups excluding carboxylic acids is 1. The van der Waals surface area contributed by atoms with Gasteiger partial charge in [-0.3, -0.25) is 4.79 Å². The van der Waals surface area contributed by atoms with Crippen LogP contribution in [-0.2, 0) is 4.79 Å². The summed E-state index contributed by atoms with van der Waals surface area (Å²) in [5, 5.41) is 0.673. The van der Waals surface area contributed by atoms with E-state index in [1.54, 1.807) is 19.2 Å². The van der Waals surface area contributed by atoms with Gasteiger partial charge in [0.25, 0.3) is 5.91 Å². The Balaban J connectivity index is 2.84. The Morgan fingerprint density at radius 1 is 1.56 bits per heavy atom. The number of benzene rings is 1. The summed E-state index contributed by atoms with van der Waals surface area (Å²) in [4.78, 5) is 16.7. The molecule has 0 bridgehead atoms. The van der Waals surface area contributed by atoms with Crippen molar-refractivity contribution in [3.8, 4) is 0 Å². The van der Waals surface area contributed by atoms with Crippen LogP contribution in [0.25, 0.3) is 0 Å². The average molecular weight is 237 g/mol. The van der Waals surface area contributed by atoms with Crippen LogP contribution in [0.5, 0.6) is 0 Å². The number of likely N-dealkylation sites (N-methyl/N-ethyl adjacent to an activating group) is 1. The normalized spacial score (nSPS) is 10.4. The molecule has 1 amide bonds. The second-order valence-electron chi connectivity index (χ2n) is 3.33. The number of rotatable bonds is 3. The molecule has 0 spiro atoms. The maximum Gasteiger partial charge on any atom is 0.250 e. The molecule has 0 atom stereocenters. The maximum atomic E-state index is 11.2. The van der Waals surface area contributed by atoms with Gasteiger partial charge in [0, 0.05) is 12.1 Å². The Morgan fingerprint density at radius 2 is 2.25 bits per heavy atom. The first-order valence-electron chi connectivity index (χ1n) is 4.74. The van der Waals surface area contributed by atoms with E-state index in [9.17, 15) is 4.79 Å². The third-order valence-corrected chi connectivity index (χ3v) is 2.29. The molecule has 0 unspecified atom stereocenters. The Bertz CT molecular complexity index is 441. The molecule has 1 aromatic rings. The molecule has 0 fully saturated rings. The number of hydrogen-bond acceptors (Lipinski definition) is 2. The lowest BCUT2D eigenvalue weighted by Crippen LogP contribution is -2.22. The molecule has 16 heavy (non-hydrogen) atoms. The molecule has 0 saturated heterocycles. The first-order valence-corrected chi connectivity index (χ1v) is 5.12. The van der Waals surface area contributed by atoms with Crippen molar-refractivity contribution < 1.29 is 4.79 Å². The number of halogens is 1. The molecule has 0 aromatic heterocycles. The minimum absolute atomic E-state index is 0.199. The van der Waals surface area contributed by atoms with Crippen LogP contribution in [0.15, 0.2) is 35.8 Å². The van der Waals surface area contributed by atoms with Crippen molar-refractivity contribution in [3.05, 3.63) is 41.4 Å². The number of hydrogen-bond donors (Lipinski definition) is 0. The zero-order valence-electron chi connectivity index (χ0n) is 9.27. The summed E-state index contributed by atoms with van der Waals surface area (Å²) in [6.07, 6.45) is 2.70. The zero-order chi connectivity index (χ0) is 12.1. The van der Waals surface area contributed by atoms with E-state index < -0.39 is 0 Å². The van der Waals surface area contributed by atoms with Crippen molar-refractivity contribution in [2.24, 2.45) is 4.99 Å². The van der Waals surface area contributed by atoms with E-state index in [2.05, 4.69) is 11.6 Å². The fourth-order valence-electron chi connectivity index (χ4n) is 1.11. The summed E-state index contributed by atoms with van der Waals surface area (Å²) in [7, 11) is 1.62. The van der Waals surface area contributed by atoms with E-state index in [1.165, 1.54) is 17.3 Å². The second-order valence-corrected chi connectivity index (χ2v) is 3.77. The molecule has 3 nitrogen and oxygen atoms in total. The smallest absolute Gasteiger partial charge is 0.250 e. The van der Waals surface area contributed by atoms with Crippen molar-refractivity contribution >= 4 is 29.5 Å². The summed E-state index contributed by atoms with van der Waals surface area (Å²) in [6.45, 7) is 5.31. The van der Waals surface area contributed by atoms with Gasteiger partial charge in [0.15, 0.2) is 0 Å².